The summed E-state index contributed by atoms with van der Waals surface area (Å²) in [5, 5.41) is 17.9. The van der Waals surface area contributed by atoms with E-state index in [9.17, 15) is 5.26 Å². The number of nitrogens with zero attached hydrogens (tertiary/aromatic N) is 9. The molecule has 10 heterocycles. The van der Waals surface area contributed by atoms with Gasteiger partial charge in [-0.25, -0.2) is 9.97 Å². The lowest BCUT2D eigenvalue weighted by Crippen LogP contribution is -2.21. The Morgan fingerprint density at radius 3 is 1.17 bits per heavy atom. The zero-order valence-corrected chi connectivity index (χ0v) is 60.9. The molecule has 4 aliphatic rings. The van der Waals surface area contributed by atoms with Crippen LogP contribution >= 0.6 is 0 Å². The fourth-order valence-corrected chi connectivity index (χ4v) is 17.3. The number of nitriles is 1. The molecular formula is C96H77N9. The lowest BCUT2D eigenvalue weighted by molar-refractivity contribution is 0.590. The van der Waals surface area contributed by atoms with Gasteiger partial charge in [0.1, 0.15) is 6.07 Å². The van der Waals surface area contributed by atoms with Crippen molar-refractivity contribution in [2.24, 2.45) is 0 Å². The van der Waals surface area contributed by atoms with Crippen LogP contribution < -0.4 is 0 Å². The third-order valence-corrected chi connectivity index (χ3v) is 22.9. The van der Waals surface area contributed by atoms with Gasteiger partial charge >= 0.3 is 0 Å². The van der Waals surface area contributed by atoms with Crippen LogP contribution in [0.2, 0.25) is 0 Å². The molecular weight excluding hydrogens is 1280 g/mol. The van der Waals surface area contributed by atoms with Gasteiger partial charge in [-0.2, -0.15) is 5.26 Å². The highest BCUT2D eigenvalue weighted by molar-refractivity contribution is 6.14. The molecule has 6 aromatic heterocycles. The third kappa shape index (κ3) is 9.18. The molecule has 4 aliphatic heterocycles. The van der Waals surface area contributed by atoms with Gasteiger partial charge in [-0.1, -0.05) is 222 Å². The number of rotatable bonds is 5. The van der Waals surface area contributed by atoms with Crippen LogP contribution in [0.15, 0.2) is 267 Å². The summed E-state index contributed by atoms with van der Waals surface area (Å²) in [5.41, 5.74) is 29.2. The van der Waals surface area contributed by atoms with E-state index in [0.717, 1.165) is 167 Å². The quantitative estimate of drug-likeness (QED) is 0.172. The highest BCUT2D eigenvalue weighted by Crippen LogP contribution is 2.51. The number of aromatic nitrogens is 8. The van der Waals surface area contributed by atoms with Crippen molar-refractivity contribution in [3.63, 3.8) is 0 Å². The maximum absolute atomic E-state index is 13.3. The Hall–Kier alpha value is -12.5. The van der Waals surface area contributed by atoms with Crippen LogP contribution in [0.3, 0.4) is 0 Å². The van der Waals surface area contributed by atoms with Gasteiger partial charge in [0.25, 0.3) is 0 Å². The Morgan fingerprint density at radius 2 is 0.705 bits per heavy atom. The Kier molecular flexibility index (Phi) is 13.1. The Balaban J connectivity index is 0.997. The van der Waals surface area contributed by atoms with Gasteiger partial charge in [0.05, 0.1) is 88.8 Å². The van der Waals surface area contributed by atoms with E-state index in [4.69, 9.17) is 9.97 Å². The summed E-state index contributed by atoms with van der Waals surface area (Å²) in [5.74, 6) is 1.60. The molecule has 0 saturated carbocycles. The monoisotopic (exact) mass is 1360 g/mol. The van der Waals surface area contributed by atoms with Crippen molar-refractivity contribution < 1.29 is 0 Å². The van der Waals surface area contributed by atoms with Crippen molar-refractivity contribution in [2.75, 3.05) is 0 Å². The van der Waals surface area contributed by atoms with Gasteiger partial charge in [0.15, 0.2) is 0 Å². The molecule has 0 N–H and O–H groups in total. The number of benzene rings is 13. The molecule has 13 aromatic carbocycles. The number of imidazole rings is 4. The van der Waals surface area contributed by atoms with Crippen LogP contribution in [-0.2, 0) is 21.7 Å². The molecule has 9 heteroatoms. The summed E-state index contributed by atoms with van der Waals surface area (Å²) in [6.45, 7) is 25.5. The van der Waals surface area contributed by atoms with Crippen molar-refractivity contribution in [1.29, 1.82) is 5.26 Å². The molecule has 0 radical (unpaired) electrons. The minimum absolute atomic E-state index is 0.143. The van der Waals surface area contributed by atoms with E-state index in [-0.39, 0.29) is 16.2 Å². The second-order valence-electron chi connectivity index (χ2n) is 32.7. The van der Waals surface area contributed by atoms with Gasteiger partial charge < -0.3 is 9.13 Å². The molecule has 8 bridgehead atoms. The second kappa shape index (κ2) is 22.0. The van der Waals surface area contributed by atoms with Crippen molar-refractivity contribution in [3.05, 3.63) is 300 Å². The first kappa shape index (κ1) is 62.3. The van der Waals surface area contributed by atoms with Gasteiger partial charge in [0.2, 0.25) is 11.6 Å². The number of hydrogen-bond acceptors (Lipinski definition) is 3. The summed E-state index contributed by atoms with van der Waals surface area (Å²) >= 11 is 0. The van der Waals surface area contributed by atoms with E-state index in [0.29, 0.717) is 5.56 Å². The predicted molar refractivity (Wildman–Crippen MR) is 436 cm³/mol. The number of hydrogen-bond donors (Lipinski definition) is 0. The molecule has 0 saturated heterocycles. The molecule has 0 unspecified atom stereocenters. The largest absolute Gasteiger partial charge is 0.308 e. The fraction of sp³-hybridized carbons (Fsp3) is 0.156. The molecule has 0 aliphatic carbocycles. The summed E-state index contributed by atoms with van der Waals surface area (Å²) < 4.78 is 14.4. The predicted octanol–water partition coefficient (Wildman–Crippen LogP) is 24.4. The van der Waals surface area contributed by atoms with Crippen molar-refractivity contribution in [3.8, 4) is 73.3 Å². The third-order valence-electron chi connectivity index (χ3n) is 22.9. The van der Waals surface area contributed by atoms with Gasteiger partial charge in [0, 0.05) is 43.8 Å². The summed E-state index contributed by atoms with van der Waals surface area (Å²) in [6, 6.07) is 102. The molecule has 0 atom stereocenters. The first-order chi connectivity index (χ1) is 50.7. The maximum atomic E-state index is 13.3. The van der Waals surface area contributed by atoms with Gasteiger partial charge in [-0.15, -0.1) is 0 Å². The van der Waals surface area contributed by atoms with Crippen molar-refractivity contribution in [1.82, 2.24) is 37.0 Å². The lowest BCUT2D eigenvalue weighted by atomic mass is 9.76. The number of fused-ring (bicyclic) bond motifs is 12. The Bertz CT molecular complexity index is 6900. The SMILES string of the molecule is CC(C)(C)c1ccc2c(c1)c1cc(C(C)(C)C)ccc1n2-c1cc2c(c(C#N)c1-c1ccc3c(c1)n1c4cc(-c5ccccc5)ccc4nc1n3-c1ccccc1)-c1ccc3c(c1)n1c4cc(-c5ccccc5)ccc4nc1n3-c1ccccc1C(C)(C)c1ccc3c(c1)c1cc(C(C)(C)C)ccc1n3-2. The van der Waals surface area contributed by atoms with Crippen LogP contribution in [0.25, 0.3) is 167 Å². The topological polar surface area (TPSA) is 78.1 Å². The molecule has 506 valence electrons. The van der Waals surface area contributed by atoms with Gasteiger partial charge in [-0.3, -0.25) is 17.9 Å². The van der Waals surface area contributed by atoms with E-state index in [1.54, 1.807) is 0 Å². The molecule has 19 aromatic rings. The van der Waals surface area contributed by atoms with Crippen LogP contribution in [0.5, 0.6) is 0 Å². The summed E-state index contributed by atoms with van der Waals surface area (Å²) in [6.07, 6.45) is 0. The molecule has 23 rings (SSSR count). The number of para-hydroxylation sites is 2. The standard InChI is InChI=1S/C96H77N9/c1-93(2,3)63-35-43-76-68(51-63)69-52-64(94(4,5)6)36-44-77(69)101(76)87-55-88-90(72(56-97)89(87)61-33-41-81-85(49-61)104-83-47-59(57-23-15-12-16-24-57)31-39-74(83)98-91(104)100(81)67-27-19-14-20-28-67)62-34-42-82-86(50-62)105-84-48-60(58-25-17-13-18-26-58)32-40-75(84)99-92(105)103(82)80-30-22-21-29-73(80)96(10,11)66-38-46-79-71(54-66)70-53-65(95(7,8)9)37-45-78(70)102(79)88/h12-55H,1-11H3. The summed E-state index contributed by atoms with van der Waals surface area (Å²) in [4.78, 5) is 11.2. The zero-order valence-electron chi connectivity index (χ0n) is 60.9. The molecule has 0 amide bonds. The van der Waals surface area contributed by atoms with E-state index >= 15 is 0 Å². The minimum Gasteiger partial charge on any atom is -0.308 e. The van der Waals surface area contributed by atoms with Crippen LogP contribution in [0, 0.1) is 11.3 Å². The summed E-state index contributed by atoms with van der Waals surface area (Å²) in [7, 11) is 0. The van der Waals surface area contributed by atoms with Gasteiger partial charge in [-0.05, 0) is 199 Å². The van der Waals surface area contributed by atoms with Crippen molar-refractivity contribution in [2.45, 2.75) is 97.8 Å². The Labute approximate surface area is 609 Å². The fourth-order valence-electron chi connectivity index (χ4n) is 17.3. The highest BCUT2D eigenvalue weighted by atomic mass is 15.2. The van der Waals surface area contributed by atoms with E-state index in [1.807, 2.05) is 0 Å². The van der Waals surface area contributed by atoms with Crippen molar-refractivity contribution >= 4 is 99.3 Å². The molecule has 105 heavy (non-hydrogen) atoms. The van der Waals surface area contributed by atoms with Crippen LogP contribution in [-0.4, -0.2) is 37.0 Å². The highest BCUT2D eigenvalue weighted by Gasteiger charge is 2.34. The van der Waals surface area contributed by atoms with E-state index < -0.39 is 5.41 Å². The molecule has 0 spiro atoms. The molecule has 9 nitrogen and oxygen atoms in total. The second-order valence-corrected chi connectivity index (χ2v) is 32.7. The first-order valence-corrected chi connectivity index (χ1v) is 36.7. The lowest BCUT2D eigenvalue weighted by Gasteiger charge is -2.29. The van der Waals surface area contributed by atoms with E-state index in [2.05, 4.69) is 376 Å². The van der Waals surface area contributed by atoms with E-state index in [1.165, 1.54) is 27.8 Å². The van der Waals surface area contributed by atoms with Crippen LogP contribution in [0.1, 0.15) is 110 Å². The first-order valence-electron chi connectivity index (χ1n) is 36.7. The normalized spacial score (nSPS) is 13.4. The molecule has 0 fully saturated rings. The smallest absolute Gasteiger partial charge is 0.220 e. The zero-order chi connectivity index (χ0) is 71.5. The Morgan fingerprint density at radius 1 is 0.314 bits per heavy atom. The average Bonchev–Trinajstić information content (AvgIpc) is 1.57. The minimum atomic E-state index is -0.521. The maximum Gasteiger partial charge on any atom is 0.220 e. The van der Waals surface area contributed by atoms with Crippen LogP contribution in [0.4, 0.5) is 0 Å². The average molecular weight is 1360 g/mol.